The quantitative estimate of drug-likeness (QED) is 0.876. The minimum Gasteiger partial charge on any atom is -0.493 e. The van der Waals surface area contributed by atoms with Gasteiger partial charge in [0.15, 0.2) is 11.5 Å². The predicted molar refractivity (Wildman–Crippen MR) is 79.9 cm³/mol. The average Bonchev–Trinajstić information content (AvgIpc) is 2.47. The first-order chi connectivity index (χ1) is 9.74. The molecule has 1 saturated heterocycles. The van der Waals surface area contributed by atoms with Crippen molar-refractivity contribution in [3.63, 3.8) is 0 Å². The molecule has 1 unspecified atom stereocenters. The highest BCUT2D eigenvalue weighted by molar-refractivity contribution is 6.32. The van der Waals surface area contributed by atoms with E-state index in [4.69, 9.17) is 25.8 Å². The van der Waals surface area contributed by atoms with Crippen molar-refractivity contribution in [1.29, 1.82) is 0 Å². The zero-order chi connectivity index (χ0) is 14.4. The van der Waals surface area contributed by atoms with Crippen molar-refractivity contribution in [2.75, 3.05) is 27.4 Å². The molecule has 1 fully saturated rings. The van der Waals surface area contributed by atoms with E-state index in [-0.39, 0.29) is 6.10 Å². The van der Waals surface area contributed by atoms with E-state index in [2.05, 4.69) is 5.32 Å². The van der Waals surface area contributed by atoms with Gasteiger partial charge in [-0.3, -0.25) is 0 Å². The van der Waals surface area contributed by atoms with E-state index in [0.717, 1.165) is 31.6 Å². The number of methoxy groups -OCH3 is 1. The molecule has 0 radical (unpaired) electrons. The van der Waals surface area contributed by atoms with Crippen LogP contribution >= 0.6 is 11.6 Å². The molecule has 0 spiro atoms. The van der Waals surface area contributed by atoms with Crippen molar-refractivity contribution >= 4 is 11.6 Å². The van der Waals surface area contributed by atoms with Gasteiger partial charge in [0, 0.05) is 13.2 Å². The van der Waals surface area contributed by atoms with Crippen LogP contribution in [0.15, 0.2) is 12.1 Å². The van der Waals surface area contributed by atoms with E-state index in [1.807, 2.05) is 19.2 Å². The lowest BCUT2D eigenvalue weighted by Gasteiger charge is -2.23. The molecule has 1 N–H and O–H groups in total. The number of hydrogen-bond acceptors (Lipinski definition) is 4. The fourth-order valence-electron chi connectivity index (χ4n) is 2.33. The van der Waals surface area contributed by atoms with Crippen molar-refractivity contribution in [2.24, 2.45) is 0 Å². The van der Waals surface area contributed by atoms with Crippen LogP contribution in [0, 0.1) is 0 Å². The van der Waals surface area contributed by atoms with E-state index < -0.39 is 0 Å². The number of rotatable bonds is 6. The summed E-state index contributed by atoms with van der Waals surface area (Å²) in [5, 5.41) is 3.67. The second-order valence-corrected chi connectivity index (χ2v) is 5.35. The van der Waals surface area contributed by atoms with Gasteiger partial charge in [-0.25, -0.2) is 0 Å². The zero-order valence-corrected chi connectivity index (χ0v) is 12.8. The van der Waals surface area contributed by atoms with Gasteiger partial charge >= 0.3 is 0 Å². The van der Waals surface area contributed by atoms with Gasteiger partial charge in [0.25, 0.3) is 0 Å². The van der Waals surface area contributed by atoms with Gasteiger partial charge in [0.1, 0.15) is 6.61 Å². The predicted octanol–water partition coefficient (Wildman–Crippen LogP) is 3.02. The maximum atomic E-state index is 6.29. The maximum absolute atomic E-state index is 6.29. The van der Waals surface area contributed by atoms with Gasteiger partial charge in [0.05, 0.1) is 18.2 Å². The summed E-state index contributed by atoms with van der Waals surface area (Å²) in [6, 6.07) is 3.84. The molecule has 1 aliphatic heterocycles. The molecule has 5 heteroatoms. The van der Waals surface area contributed by atoms with Crippen LogP contribution in [0.1, 0.15) is 24.8 Å². The normalized spacial score (nSPS) is 18.9. The minimum atomic E-state index is 0.154. The van der Waals surface area contributed by atoms with Gasteiger partial charge in [-0.05, 0) is 44.0 Å². The largest absolute Gasteiger partial charge is 0.493 e. The van der Waals surface area contributed by atoms with Crippen LogP contribution in [0.5, 0.6) is 11.5 Å². The Labute approximate surface area is 125 Å². The van der Waals surface area contributed by atoms with Crippen molar-refractivity contribution in [1.82, 2.24) is 5.32 Å². The molecule has 1 aromatic rings. The Morgan fingerprint density at radius 3 is 2.90 bits per heavy atom. The Morgan fingerprint density at radius 1 is 1.40 bits per heavy atom. The summed E-state index contributed by atoms with van der Waals surface area (Å²) >= 11 is 6.29. The Balaban J connectivity index is 2.05. The van der Waals surface area contributed by atoms with E-state index in [9.17, 15) is 0 Å². The molecule has 0 saturated carbocycles. The lowest BCUT2D eigenvalue weighted by Crippen LogP contribution is -2.26. The molecule has 1 heterocycles. The van der Waals surface area contributed by atoms with Gasteiger partial charge in [-0.1, -0.05) is 11.6 Å². The van der Waals surface area contributed by atoms with Gasteiger partial charge < -0.3 is 19.5 Å². The lowest BCUT2D eigenvalue weighted by molar-refractivity contribution is -0.0114. The molecule has 112 valence electrons. The molecule has 1 aromatic carbocycles. The van der Waals surface area contributed by atoms with Crippen LogP contribution in [0.4, 0.5) is 0 Å². The van der Waals surface area contributed by atoms with E-state index in [1.54, 1.807) is 7.11 Å². The first-order valence-corrected chi connectivity index (χ1v) is 7.37. The third-order valence-corrected chi connectivity index (χ3v) is 3.64. The molecule has 1 atom stereocenters. The molecule has 0 amide bonds. The Hall–Kier alpha value is -0.970. The first-order valence-electron chi connectivity index (χ1n) is 7.00. The van der Waals surface area contributed by atoms with Crippen LogP contribution < -0.4 is 14.8 Å². The molecule has 0 aliphatic carbocycles. The summed E-state index contributed by atoms with van der Waals surface area (Å²) in [5.74, 6) is 1.27. The smallest absolute Gasteiger partial charge is 0.179 e. The van der Waals surface area contributed by atoms with Crippen molar-refractivity contribution in [3.05, 3.63) is 22.7 Å². The highest BCUT2D eigenvalue weighted by Gasteiger charge is 2.17. The second kappa shape index (κ2) is 7.72. The van der Waals surface area contributed by atoms with Crippen LogP contribution in [-0.4, -0.2) is 33.5 Å². The molecule has 2 rings (SSSR count). The van der Waals surface area contributed by atoms with Crippen molar-refractivity contribution in [2.45, 2.75) is 31.9 Å². The fraction of sp³-hybridized carbons (Fsp3) is 0.600. The molecule has 4 nitrogen and oxygen atoms in total. The summed E-state index contributed by atoms with van der Waals surface area (Å²) in [6.07, 6.45) is 3.53. The zero-order valence-electron chi connectivity index (χ0n) is 12.1. The van der Waals surface area contributed by atoms with Gasteiger partial charge in [-0.2, -0.15) is 0 Å². The number of halogens is 1. The van der Waals surface area contributed by atoms with Crippen LogP contribution in [0.2, 0.25) is 5.02 Å². The minimum absolute atomic E-state index is 0.154. The summed E-state index contributed by atoms with van der Waals surface area (Å²) < 4.78 is 16.9. The van der Waals surface area contributed by atoms with Crippen LogP contribution in [0.25, 0.3) is 0 Å². The molecule has 20 heavy (non-hydrogen) atoms. The molecule has 0 aromatic heterocycles. The highest BCUT2D eigenvalue weighted by Crippen LogP contribution is 2.36. The number of benzene rings is 1. The van der Waals surface area contributed by atoms with Crippen molar-refractivity contribution in [3.8, 4) is 11.5 Å². The third kappa shape index (κ3) is 4.01. The maximum Gasteiger partial charge on any atom is 0.179 e. The number of nitrogens with one attached hydrogen (secondary N) is 1. The third-order valence-electron chi connectivity index (χ3n) is 3.36. The average molecular weight is 300 g/mol. The van der Waals surface area contributed by atoms with E-state index >= 15 is 0 Å². The monoisotopic (exact) mass is 299 g/mol. The van der Waals surface area contributed by atoms with Crippen LogP contribution in [0.3, 0.4) is 0 Å². The first kappa shape index (κ1) is 15.4. The van der Waals surface area contributed by atoms with E-state index in [1.165, 1.54) is 6.42 Å². The molecule has 0 bridgehead atoms. The SMILES string of the molecule is CNCc1cc(Cl)c(OCC2CCCCO2)c(OC)c1. The van der Waals surface area contributed by atoms with Crippen LogP contribution in [-0.2, 0) is 11.3 Å². The Bertz CT molecular complexity index is 433. The number of hydrogen-bond donors (Lipinski definition) is 1. The van der Waals surface area contributed by atoms with Gasteiger partial charge in [0.2, 0.25) is 0 Å². The molecular formula is C15H22ClNO3. The fourth-order valence-corrected chi connectivity index (χ4v) is 2.62. The summed E-state index contributed by atoms with van der Waals surface area (Å²) in [5.41, 5.74) is 1.07. The topological polar surface area (TPSA) is 39.7 Å². The second-order valence-electron chi connectivity index (χ2n) is 4.94. The Kier molecular flexibility index (Phi) is 5.95. The number of ether oxygens (including phenoxy) is 3. The summed E-state index contributed by atoms with van der Waals surface area (Å²) in [6.45, 7) is 2.07. The summed E-state index contributed by atoms with van der Waals surface area (Å²) in [7, 11) is 3.52. The standard InChI is InChI=1S/C15H22ClNO3/c1-17-9-11-7-13(16)15(14(8-11)18-2)20-10-12-5-3-4-6-19-12/h7-8,12,17H,3-6,9-10H2,1-2H3. The molecule has 1 aliphatic rings. The molecular weight excluding hydrogens is 278 g/mol. The highest BCUT2D eigenvalue weighted by atomic mass is 35.5. The van der Waals surface area contributed by atoms with Gasteiger partial charge in [-0.15, -0.1) is 0 Å². The Morgan fingerprint density at radius 2 is 2.25 bits per heavy atom. The van der Waals surface area contributed by atoms with E-state index in [0.29, 0.717) is 23.1 Å². The summed E-state index contributed by atoms with van der Waals surface area (Å²) in [4.78, 5) is 0. The van der Waals surface area contributed by atoms with Crippen molar-refractivity contribution < 1.29 is 14.2 Å². The lowest BCUT2D eigenvalue weighted by atomic mass is 10.1.